The molecule has 1 aliphatic rings. The van der Waals surface area contributed by atoms with E-state index in [-0.39, 0.29) is 5.92 Å². The van der Waals surface area contributed by atoms with Crippen LogP contribution in [0, 0.1) is 11.3 Å². The molecular formula is C10H9N. The highest BCUT2D eigenvalue weighted by Crippen LogP contribution is 2.31. The summed E-state index contributed by atoms with van der Waals surface area (Å²) in [4.78, 5) is 0. The molecule has 2 rings (SSSR count). The van der Waals surface area contributed by atoms with Gasteiger partial charge in [0.1, 0.15) is 0 Å². The Bertz CT molecular complexity index is 309. The van der Waals surface area contributed by atoms with Crippen molar-refractivity contribution < 1.29 is 0 Å². The Morgan fingerprint density at radius 3 is 3.00 bits per heavy atom. The molecule has 0 spiro atoms. The molecule has 0 aromatic heterocycles. The maximum absolute atomic E-state index is 8.76. The summed E-state index contributed by atoms with van der Waals surface area (Å²) < 4.78 is 0. The van der Waals surface area contributed by atoms with Gasteiger partial charge in [-0.25, -0.2) is 0 Å². The number of fused-ring (bicyclic) bond motifs is 1. The van der Waals surface area contributed by atoms with Crippen LogP contribution in [0.15, 0.2) is 24.3 Å². The van der Waals surface area contributed by atoms with E-state index >= 15 is 0 Å². The first kappa shape index (κ1) is 6.42. The number of nitrogens with zero attached hydrogens (tertiary/aromatic N) is 1. The zero-order valence-electron chi connectivity index (χ0n) is 6.25. The summed E-state index contributed by atoms with van der Waals surface area (Å²) in [6, 6.07) is 10.6. The predicted molar refractivity (Wildman–Crippen MR) is 43.1 cm³/mol. The van der Waals surface area contributed by atoms with Gasteiger partial charge in [0.25, 0.3) is 0 Å². The highest BCUT2D eigenvalue weighted by atomic mass is 14.3. The van der Waals surface area contributed by atoms with E-state index in [4.69, 9.17) is 5.26 Å². The molecule has 1 heteroatoms. The first-order chi connectivity index (χ1) is 5.42. The molecular weight excluding hydrogens is 134 g/mol. The van der Waals surface area contributed by atoms with Crippen molar-refractivity contribution in [3.63, 3.8) is 0 Å². The molecule has 0 amide bonds. The average Bonchev–Trinajstić information content (AvgIpc) is 2.47. The van der Waals surface area contributed by atoms with Gasteiger partial charge < -0.3 is 0 Å². The van der Waals surface area contributed by atoms with Crippen molar-refractivity contribution in [3.8, 4) is 6.07 Å². The van der Waals surface area contributed by atoms with Gasteiger partial charge in [-0.05, 0) is 24.0 Å². The monoisotopic (exact) mass is 143 g/mol. The van der Waals surface area contributed by atoms with Crippen LogP contribution in [0.2, 0.25) is 0 Å². The van der Waals surface area contributed by atoms with Crippen molar-refractivity contribution in [3.05, 3.63) is 35.4 Å². The number of hydrogen-bond acceptors (Lipinski definition) is 1. The van der Waals surface area contributed by atoms with Crippen LogP contribution in [0.1, 0.15) is 23.5 Å². The van der Waals surface area contributed by atoms with Gasteiger partial charge in [0.2, 0.25) is 0 Å². The Labute approximate surface area is 66.3 Å². The lowest BCUT2D eigenvalue weighted by molar-refractivity contribution is 0.826. The van der Waals surface area contributed by atoms with E-state index < -0.39 is 0 Å². The number of aryl methyl sites for hydroxylation is 1. The first-order valence-corrected chi connectivity index (χ1v) is 3.89. The van der Waals surface area contributed by atoms with Crippen molar-refractivity contribution in [1.29, 1.82) is 5.26 Å². The molecule has 0 N–H and O–H groups in total. The summed E-state index contributed by atoms with van der Waals surface area (Å²) in [6.07, 6.45) is 2.09. The molecule has 11 heavy (non-hydrogen) atoms. The van der Waals surface area contributed by atoms with Crippen LogP contribution in [0.3, 0.4) is 0 Å². The standard InChI is InChI=1S/C10H9N/c11-7-9-6-5-8-3-1-2-4-10(8)9/h1-4,9H,5-6H2/t9-/m0/s1. The highest BCUT2D eigenvalue weighted by Gasteiger charge is 2.20. The van der Waals surface area contributed by atoms with Crippen LogP contribution < -0.4 is 0 Å². The molecule has 0 fully saturated rings. The molecule has 0 saturated heterocycles. The fraction of sp³-hybridized carbons (Fsp3) is 0.300. The van der Waals surface area contributed by atoms with Crippen LogP contribution in [0.25, 0.3) is 0 Å². The maximum atomic E-state index is 8.76. The molecule has 0 radical (unpaired) electrons. The molecule has 0 saturated carbocycles. The van der Waals surface area contributed by atoms with Crippen LogP contribution in [-0.4, -0.2) is 0 Å². The Kier molecular flexibility index (Phi) is 1.40. The third kappa shape index (κ3) is 0.914. The second-order valence-electron chi connectivity index (χ2n) is 2.92. The van der Waals surface area contributed by atoms with Crippen molar-refractivity contribution in [2.45, 2.75) is 18.8 Å². The molecule has 0 bridgehead atoms. The minimum Gasteiger partial charge on any atom is -0.198 e. The number of hydrogen-bond donors (Lipinski definition) is 0. The molecule has 0 unspecified atom stereocenters. The molecule has 1 atom stereocenters. The Morgan fingerprint density at radius 2 is 2.18 bits per heavy atom. The van der Waals surface area contributed by atoms with Gasteiger partial charge >= 0.3 is 0 Å². The maximum Gasteiger partial charge on any atom is 0.0718 e. The van der Waals surface area contributed by atoms with Gasteiger partial charge in [-0.2, -0.15) is 5.26 Å². The van der Waals surface area contributed by atoms with E-state index in [0.29, 0.717) is 0 Å². The zero-order chi connectivity index (χ0) is 7.68. The second kappa shape index (κ2) is 2.39. The van der Waals surface area contributed by atoms with Crippen molar-refractivity contribution in [1.82, 2.24) is 0 Å². The van der Waals surface area contributed by atoms with Crippen molar-refractivity contribution in [2.24, 2.45) is 0 Å². The van der Waals surface area contributed by atoms with Gasteiger partial charge in [0, 0.05) is 0 Å². The second-order valence-corrected chi connectivity index (χ2v) is 2.92. The Hall–Kier alpha value is -1.29. The number of nitriles is 1. The third-order valence-electron chi connectivity index (χ3n) is 2.29. The fourth-order valence-electron chi connectivity index (χ4n) is 1.69. The van der Waals surface area contributed by atoms with Gasteiger partial charge in [0.15, 0.2) is 0 Å². The fourth-order valence-corrected chi connectivity index (χ4v) is 1.69. The summed E-state index contributed by atoms with van der Waals surface area (Å²) >= 11 is 0. The van der Waals surface area contributed by atoms with Gasteiger partial charge in [-0.1, -0.05) is 24.3 Å². The molecule has 0 aliphatic heterocycles. The normalized spacial score (nSPS) is 20.8. The summed E-state index contributed by atoms with van der Waals surface area (Å²) in [5, 5.41) is 8.76. The molecule has 1 aliphatic carbocycles. The topological polar surface area (TPSA) is 23.8 Å². The van der Waals surface area contributed by atoms with E-state index in [0.717, 1.165) is 12.8 Å². The highest BCUT2D eigenvalue weighted by molar-refractivity contribution is 5.38. The van der Waals surface area contributed by atoms with E-state index in [9.17, 15) is 0 Å². The Morgan fingerprint density at radius 1 is 1.36 bits per heavy atom. The average molecular weight is 143 g/mol. The molecule has 1 nitrogen and oxygen atoms in total. The minimum atomic E-state index is 0.159. The van der Waals surface area contributed by atoms with Crippen molar-refractivity contribution >= 4 is 0 Å². The zero-order valence-corrected chi connectivity index (χ0v) is 6.25. The van der Waals surface area contributed by atoms with Crippen molar-refractivity contribution in [2.75, 3.05) is 0 Å². The van der Waals surface area contributed by atoms with E-state index in [1.807, 2.05) is 12.1 Å². The summed E-state index contributed by atoms with van der Waals surface area (Å²) in [5.74, 6) is 0.159. The van der Waals surface area contributed by atoms with E-state index in [1.165, 1.54) is 11.1 Å². The lowest BCUT2D eigenvalue weighted by Gasteiger charge is -1.98. The minimum absolute atomic E-state index is 0.159. The molecule has 1 aromatic rings. The summed E-state index contributed by atoms with van der Waals surface area (Å²) in [7, 11) is 0. The summed E-state index contributed by atoms with van der Waals surface area (Å²) in [5.41, 5.74) is 2.61. The molecule has 0 heterocycles. The molecule has 54 valence electrons. The van der Waals surface area contributed by atoms with Crippen LogP contribution in [-0.2, 0) is 6.42 Å². The third-order valence-corrected chi connectivity index (χ3v) is 2.29. The SMILES string of the molecule is N#C[C@@H]1CCc2ccccc21. The smallest absolute Gasteiger partial charge is 0.0718 e. The summed E-state index contributed by atoms with van der Waals surface area (Å²) in [6.45, 7) is 0. The lowest BCUT2D eigenvalue weighted by Crippen LogP contribution is -1.86. The van der Waals surface area contributed by atoms with Gasteiger partial charge in [-0.15, -0.1) is 0 Å². The predicted octanol–water partition coefficient (Wildman–Crippen LogP) is 2.24. The van der Waals surface area contributed by atoms with Crippen LogP contribution in [0.4, 0.5) is 0 Å². The van der Waals surface area contributed by atoms with Gasteiger partial charge in [0.05, 0.1) is 12.0 Å². The molecule has 1 aromatic carbocycles. The van der Waals surface area contributed by atoms with Crippen LogP contribution >= 0.6 is 0 Å². The first-order valence-electron chi connectivity index (χ1n) is 3.89. The quantitative estimate of drug-likeness (QED) is 0.546. The number of benzene rings is 1. The van der Waals surface area contributed by atoms with Crippen LogP contribution in [0.5, 0.6) is 0 Å². The Balaban J connectivity index is 2.49. The lowest BCUT2D eigenvalue weighted by atomic mass is 10.0. The largest absolute Gasteiger partial charge is 0.198 e. The van der Waals surface area contributed by atoms with Gasteiger partial charge in [-0.3, -0.25) is 0 Å². The van der Waals surface area contributed by atoms with E-state index in [1.54, 1.807) is 0 Å². The van der Waals surface area contributed by atoms with E-state index in [2.05, 4.69) is 18.2 Å². The number of rotatable bonds is 0.